The number of anilines is 2. The molecule has 2 aromatic rings. The molecule has 0 aliphatic rings. The number of hydrogen-bond donors (Lipinski definition) is 2. The summed E-state index contributed by atoms with van der Waals surface area (Å²) in [5.74, 6) is -1.08. The van der Waals surface area contributed by atoms with E-state index in [1.165, 1.54) is 12.1 Å². The summed E-state index contributed by atoms with van der Waals surface area (Å²) in [7, 11) is 0. The zero-order chi connectivity index (χ0) is 14.0. The fourth-order valence-electron chi connectivity index (χ4n) is 1.71. The van der Waals surface area contributed by atoms with Crippen LogP contribution < -0.4 is 11.1 Å². The summed E-state index contributed by atoms with van der Waals surface area (Å²) < 4.78 is 14.6. The van der Waals surface area contributed by atoms with Crippen LogP contribution in [0.5, 0.6) is 0 Å². The van der Waals surface area contributed by atoms with E-state index >= 15 is 0 Å². The Morgan fingerprint density at radius 2 is 2.00 bits per heavy atom. The minimum absolute atomic E-state index is 0.0618. The molecule has 0 atom stereocenters. The van der Waals surface area contributed by atoms with Crippen molar-refractivity contribution in [1.82, 2.24) is 0 Å². The van der Waals surface area contributed by atoms with Crippen molar-refractivity contribution in [3.05, 3.63) is 57.8 Å². The molecule has 0 saturated heterocycles. The maximum absolute atomic E-state index is 13.9. The minimum atomic E-state index is -0.557. The Kier molecular flexibility index (Phi) is 3.85. The molecule has 0 aliphatic heterocycles. The van der Waals surface area contributed by atoms with Gasteiger partial charge in [0.1, 0.15) is 5.82 Å². The van der Waals surface area contributed by atoms with Crippen molar-refractivity contribution in [2.45, 2.75) is 6.92 Å². The molecule has 0 radical (unpaired) electrons. The van der Waals surface area contributed by atoms with Crippen LogP contribution in [-0.4, -0.2) is 5.91 Å². The largest absolute Gasteiger partial charge is 0.399 e. The maximum atomic E-state index is 13.9. The fourth-order valence-corrected chi connectivity index (χ4v) is 2.10. The Morgan fingerprint density at radius 1 is 1.32 bits per heavy atom. The molecule has 0 aromatic heterocycles. The molecule has 0 saturated carbocycles. The average molecular weight is 323 g/mol. The van der Waals surface area contributed by atoms with Gasteiger partial charge in [-0.25, -0.2) is 4.39 Å². The third-order valence-electron chi connectivity index (χ3n) is 2.64. The van der Waals surface area contributed by atoms with Crippen molar-refractivity contribution in [3.63, 3.8) is 0 Å². The van der Waals surface area contributed by atoms with Crippen LogP contribution in [0.25, 0.3) is 0 Å². The zero-order valence-electron chi connectivity index (χ0n) is 10.2. The second-order valence-corrected chi connectivity index (χ2v) is 4.99. The summed E-state index contributed by atoms with van der Waals surface area (Å²) in [5.41, 5.74) is 6.85. The third kappa shape index (κ3) is 2.93. The Bertz CT molecular complexity index is 643. The number of nitrogens with two attached hydrogens (primary N) is 1. The minimum Gasteiger partial charge on any atom is -0.399 e. The summed E-state index contributed by atoms with van der Waals surface area (Å²) in [4.78, 5) is 12.1. The van der Waals surface area contributed by atoms with Gasteiger partial charge >= 0.3 is 0 Å². The van der Waals surface area contributed by atoms with Crippen LogP contribution in [0.1, 0.15) is 15.9 Å². The maximum Gasteiger partial charge on any atom is 0.258 e. The average Bonchev–Trinajstić information content (AvgIpc) is 2.36. The van der Waals surface area contributed by atoms with Gasteiger partial charge in [0.05, 0.1) is 11.3 Å². The molecule has 3 N–H and O–H groups in total. The van der Waals surface area contributed by atoms with Gasteiger partial charge in [0.15, 0.2) is 0 Å². The SMILES string of the molecule is Cc1cc(N)cc(C(=O)Nc2ccccc2Br)c1F. The number of rotatable bonds is 2. The Balaban J connectivity index is 2.33. The Morgan fingerprint density at radius 3 is 2.68 bits per heavy atom. The van der Waals surface area contributed by atoms with E-state index in [1.807, 2.05) is 6.07 Å². The molecule has 19 heavy (non-hydrogen) atoms. The smallest absolute Gasteiger partial charge is 0.258 e. The monoisotopic (exact) mass is 322 g/mol. The summed E-state index contributed by atoms with van der Waals surface area (Å²) in [6, 6.07) is 9.93. The van der Waals surface area contributed by atoms with Crippen molar-refractivity contribution < 1.29 is 9.18 Å². The Hall–Kier alpha value is -1.88. The van der Waals surface area contributed by atoms with Crippen LogP contribution in [0.15, 0.2) is 40.9 Å². The van der Waals surface area contributed by atoms with Gasteiger partial charge in [-0.1, -0.05) is 12.1 Å². The Labute approximate surface area is 118 Å². The molecule has 0 heterocycles. The number of aryl methyl sites for hydroxylation is 1. The highest BCUT2D eigenvalue weighted by molar-refractivity contribution is 9.10. The van der Waals surface area contributed by atoms with Gasteiger partial charge in [-0.3, -0.25) is 4.79 Å². The van der Waals surface area contributed by atoms with Gasteiger partial charge in [-0.05, 0) is 52.7 Å². The van der Waals surface area contributed by atoms with Crippen LogP contribution in [0.2, 0.25) is 0 Å². The van der Waals surface area contributed by atoms with Crippen molar-refractivity contribution in [1.29, 1.82) is 0 Å². The van der Waals surface area contributed by atoms with E-state index in [4.69, 9.17) is 5.73 Å². The molecule has 1 amide bonds. The number of hydrogen-bond acceptors (Lipinski definition) is 2. The first-order chi connectivity index (χ1) is 8.99. The van der Waals surface area contributed by atoms with Gasteiger partial charge in [-0.2, -0.15) is 0 Å². The van der Waals surface area contributed by atoms with E-state index in [0.29, 0.717) is 16.9 Å². The van der Waals surface area contributed by atoms with E-state index in [9.17, 15) is 9.18 Å². The second-order valence-electron chi connectivity index (χ2n) is 4.13. The first-order valence-corrected chi connectivity index (χ1v) is 6.40. The molecule has 0 spiro atoms. The number of halogens is 2. The summed E-state index contributed by atoms with van der Waals surface area (Å²) in [5, 5.41) is 2.64. The number of nitrogens with one attached hydrogen (secondary N) is 1. The first kappa shape index (κ1) is 13.5. The normalized spacial score (nSPS) is 10.3. The van der Waals surface area contributed by atoms with Crippen LogP contribution >= 0.6 is 15.9 Å². The van der Waals surface area contributed by atoms with E-state index < -0.39 is 11.7 Å². The predicted molar refractivity (Wildman–Crippen MR) is 77.6 cm³/mol. The van der Waals surface area contributed by atoms with E-state index in [1.54, 1.807) is 25.1 Å². The third-order valence-corrected chi connectivity index (χ3v) is 3.34. The molecule has 0 fully saturated rings. The summed E-state index contributed by atoms with van der Waals surface area (Å²) in [6.07, 6.45) is 0. The number of para-hydroxylation sites is 1. The van der Waals surface area contributed by atoms with E-state index in [0.717, 1.165) is 4.47 Å². The van der Waals surface area contributed by atoms with Crippen molar-refractivity contribution in [2.24, 2.45) is 0 Å². The van der Waals surface area contributed by atoms with Crippen molar-refractivity contribution in [3.8, 4) is 0 Å². The molecule has 3 nitrogen and oxygen atoms in total. The van der Waals surface area contributed by atoms with Crippen LogP contribution in [0, 0.1) is 12.7 Å². The fraction of sp³-hybridized carbons (Fsp3) is 0.0714. The predicted octanol–water partition coefficient (Wildman–Crippen LogP) is 3.73. The number of nitrogen functional groups attached to an aromatic ring is 1. The lowest BCUT2D eigenvalue weighted by molar-refractivity contribution is 0.102. The molecule has 0 aliphatic carbocycles. The summed E-state index contributed by atoms with van der Waals surface area (Å²) >= 11 is 3.31. The first-order valence-electron chi connectivity index (χ1n) is 5.60. The van der Waals surface area contributed by atoms with Crippen molar-refractivity contribution >= 4 is 33.2 Å². The number of carbonyl (C=O) groups excluding carboxylic acids is 1. The lowest BCUT2D eigenvalue weighted by Crippen LogP contribution is -2.15. The van der Waals surface area contributed by atoms with Crippen LogP contribution in [0.3, 0.4) is 0 Å². The zero-order valence-corrected chi connectivity index (χ0v) is 11.8. The molecular formula is C14H12BrFN2O. The molecule has 2 aromatic carbocycles. The standard InChI is InChI=1S/C14H12BrFN2O/c1-8-6-9(17)7-10(13(8)16)14(19)18-12-5-3-2-4-11(12)15/h2-7H,17H2,1H3,(H,18,19). The van der Waals surface area contributed by atoms with Gasteiger partial charge in [0.2, 0.25) is 0 Å². The van der Waals surface area contributed by atoms with E-state index in [-0.39, 0.29) is 5.56 Å². The molecule has 2 rings (SSSR count). The molecular weight excluding hydrogens is 311 g/mol. The highest BCUT2D eigenvalue weighted by Gasteiger charge is 2.15. The molecule has 5 heteroatoms. The lowest BCUT2D eigenvalue weighted by atomic mass is 10.1. The summed E-state index contributed by atoms with van der Waals surface area (Å²) in [6.45, 7) is 1.57. The van der Waals surface area contributed by atoms with E-state index in [2.05, 4.69) is 21.2 Å². The highest BCUT2D eigenvalue weighted by Crippen LogP contribution is 2.23. The van der Waals surface area contributed by atoms with Crippen LogP contribution in [0.4, 0.5) is 15.8 Å². The topological polar surface area (TPSA) is 55.1 Å². The van der Waals surface area contributed by atoms with Gasteiger partial charge in [-0.15, -0.1) is 0 Å². The molecule has 98 valence electrons. The van der Waals surface area contributed by atoms with Gasteiger partial charge in [0.25, 0.3) is 5.91 Å². The van der Waals surface area contributed by atoms with Crippen LogP contribution in [-0.2, 0) is 0 Å². The quantitative estimate of drug-likeness (QED) is 0.828. The van der Waals surface area contributed by atoms with Gasteiger partial charge in [0, 0.05) is 10.2 Å². The second kappa shape index (κ2) is 5.40. The lowest BCUT2D eigenvalue weighted by Gasteiger charge is -2.10. The van der Waals surface area contributed by atoms with Gasteiger partial charge < -0.3 is 11.1 Å². The number of amides is 1. The number of benzene rings is 2. The highest BCUT2D eigenvalue weighted by atomic mass is 79.9. The van der Waals surface area contributed by atoms with Crippen molar-refractivity contribution in [2.75, 3.05) is 11.1 Å². The molecule has 0 bridgehead atoms. The number of carbonyl (C=O) groups is 1. The molecule has 0 unspecified atom stereocenters.